The first-order valence-electron chi connectivity index (χ1n) is 7.66. The van der Waals surface area contributed by atoms with Crippen LogP contribution in [0.1, 0.15) is 26.3 Å². The van der Waals surface area contributed by atoms with Crippen LogP contribution >= 0.6 is 11.3 Å². The van der Waals surface area contributed by atoms with Gasteiger partial charge in [0.25, 0.3) is 5.91 Å². The van der Waals surface area contributed by atoms with Gasteiger partial charge >= 0.3 is 5.97 Å². The van der Waals surface area contributed by atoms with Crippen LogP contribution in [0.3, 0.4) is 0 Å². The van der Waals surface area contributed by atoms with Crippen molar-refractivity contribution in [3.05, 3.63) is 75.9 Å². The van der Waals surface area contributed by atoms with Crippen LogP contribution in [-0.2, 0) is 0 Å². The summed E-state index contributed by atoms with van der Waals surface area (Å²) in [6.07, 6.45) is 0. The summed E-state index contributed by atoms with van der Waals surface area (Å²) in [6, 6.07) is 7.48. The zero-order valence-electron chi connectivity index (χ0n) is 13.8. The number of benzene rings is 2. The molecule has 0 aliphatic rings. The van der Waals surface area contributed by atoms with Crippen molar-refractivity contribution in [3.63, 3.8) is 0 Å². The van der Waals surface area contributed by atoms with Gasteiger partial charge in [0, 0.05) is 22.1 Å². The van der Waals surface area contributed by atoms with E-state index in [1.54, 1.807) is 0 Å². The predicted molar refractivity (Wildman–Crippen MR) is 95.7 cm³/mol. The van der Waals surface area contributed by atoms with Crippen molar-refractivity contribution in [3.8, 4) is 11.1 Å². The molecule has 0 bridgehead atoms. The standard InChI is InChI=1S/C19H12F3NO3S/c1-9-5-6-12(16(22)15(9)21)13-8-27-18(14(13)19(25)26)23-17(24)10-3-2-4-11(20)7-10/h2-8H,1H3,(H,23,24)(H,25,26). The van der Waals surface area contributed by atoms with E-state index in [0.29, 0.717) is 0 Å². The lowest BCUT2D eigenvalue weighted by Gasteiger charge is -2.08. The number of aromatic carboxylic acids is 1. The third-order valence-electron chi connectivity index (χ3n) is 3.88. The molecule has 0 spiro atoms. The first-order valence-corrected chi connectivity index (χ1v) is 8.54. The monoisotopic (exact) mass is 391 g/mol. The van der Waals surface area contributed by atoms with Gasteiger partial charge in [-0.05, 0) is 30.7 Å². The molecule has 1 heterocycles. The zero-order chi connectivity index (χ0) is 19.7. The fourth-order valence-electron chi connectivity index (χ4n) is 2.52. The number of anilines is 1. The molecule has 8 heteroatoms. The molecule has 3 aromatic rings. The predicted octanol–water partition coefficient (Wildman–Crippen LogP) is 5.09. The summed E-state index contributed by atoms with van der Waals surface area (Å²) in [6.45, 7) is 1.39. The summed E-state index contributed by atoms with van der Waals surface area (Å²) in [4.78, 5) is 23.9. The molecule has 1 aromatic heterocycles. The highest BCUT2D eigenvalue weighted by Gasteiger charge is 2.24. The maximum Gasteiger partial charge on any atom is 0.339 e. The quantitative estimate of drug-likeness (QED) is 0.651. The lowest BCUT2D eigenvalue weighted by molar-refractivity contribution is 0.0699. The number of carboxylic acid groups (broad SMARTS) is 1. The fourth-order valence-corrected chi connectivity index (χ4v) is 3.47. The molecule has 0 saturated carbocycles. The molecule has 2 N–H and O–H groups in total. The van der Waals surface area contributed by atoms with E-state index >= 15 is 0 Å². The molecule has 3 rings (SSSR count). The number of hydrogen-bond acceptors (Lipinski definition) is 3. The van der Waals surface area contributed by atoms with Gasteiger partial charge in [0.2, 0.25) is 0 Å². The van der Waals surface area contributed by atoms with Gasteiger partial charge < -0.3 is 10.4 Å². The highest BCUT2D eigenvalue weighted by Crippen LogP contribution is 2.38. The Hall–Kier alpha value is -3.13. The average Bonchev–Trinajstić information content (AvgIpc) is 3.03. The Balaban J connectivity index is 2.03. The minimum absolute atomic E-state index is 0.00569. The van der Waals surface area contributed by atoms with Crippen LogP contribution in [0.25, 0.3) is 11.1 Å². The van der Waals surface area contributed by atoms with Crippen molar-refractivity contribution in [1.29, 1.82) is 0 Å². The molecule has 0 aliphatic heterocycles. The van der Waals surface area contributed by atoms with Crippen LogP contribution in [0, 0.1) is 24.4 Å². The van der Waals surface area contributed by atoms with Gasteiger partial charge in [0.1, 0.15) is 16.4 Å². The summed E-state index contributed by atoms with van der Waals surface area (Å²) in [5.74, 6) is -4.99. The van der Waals surface area contributed by atoms with Crippen molar-refractivity contribution < 1.29 is 27.9 Å². The summed E-state index contributed by atoms with van der Waals surface area (Å²) in [5, 5.41) is 13.2. The number of hydrogen-bond donors (Lipinski definition) is 2. The van der Waals surface area contributed by atoms with Crippen molar-refractivity contribution in [2.45, 2.75) is 6.92 Å². The second kappa shape index (κ2) is 7.24. The van der Waals surface area contributed by atoms with Gasteiger partial charge in [-0.1, -0.05) is 18.2 Å². The Morgan fingerprint density at radius 1 is 1.04 bits per heavy atom. The molecular formula is C19H12F3NO3S. The second-order valence-corrected chi connectivity index (χ2v) is 6.56. The van der Waals surface area contributed by atoms with E-state index in [0.717, 1.165) is 23.5 Å². The number of halogens is 3. The van der Waals surface area contributed by atoms with Crippen molar-refractivity contribution in [1.82, 2.24) is 0 Å². The minimum atomic E-state index is -1.42. The van der Waals surface area contributed by atoms with E-state index in [4.69, 9.17) is 0 Å². The summed E-state index contributed by atoms with van der Waals surface area (Å²) >= 11 is 0.850. The van der Waals surface area contributed by atoms with Crippen molar-refractivity contribution >= 4 is 28.2 Å². The molecule has 27 heavy (non-hydrogen) atoms. The lowest BCUT2D eigenvalue weighted by atomic mass is 10.0. The third-order valence-corrected chi connectivity index (χ3v) is 4.78. The normalized spacial score (nSPS) is 10.7. The van der Waals surface area contributed by atoms with Crippen LogP contribution < -0.4 is 5.32 Å². The largest absolute Gasteiger partial charge is 0.478 e. The third kappa shape index (κ3) is 3.56. The number of rotatable bonds is 4. The van der Waals surface area contributed by atoms with Crippen molar-refractivity contribution in [2.24, 2.45) is 0 Å². The van der Waals surface area contributed by atoms with E-state index in [-0.39, 0.29) is 32.8 Å². The fraction of sp³-hybridized carbons (Fsp3) is 0.0526. The SMILES string of the molecule is Cc1ccc(-c2csc(NC(=O)c3cccc(F)c3)c2C(=O)O)c(F)c1F. The molecule has 2 aromatic carbocycles. The van der Waals surface area contributed by atoms with Gasteiger partial charge in [-0.2, -0.15) is 0 Å². The maximum atomic E-state index is 14.3. The number of carbonyl (C=O) groups is 2. The molecule has 4 nitrogen and oxygen atoms in total. The lowest BCUT2D eigenvalue weighted by Crippen LogP contribution is -2.13. The number of nitrogens with one attached hydrogen (secondary N) is 1. The number of thiophene rings is 1. The first-order chi connectivity index (χ1) is 12.8. The van der Waals surface area contributed by atoms with Gasteiger partial charge in [0.05, 0.1) is 0 Å². The van der Waals surface area contributed by atoms with Gasteiger partial charge in [-0.25, -0.2) is 18.0 Å². The van der Waals surface area contributed by atoms with Crippen LogP contribution in [-0.4, -0.2) is 17.0 Å². The van der Waals surface area contributed by atoms with Crippen LogP contribution in [0.5, 0.6) is 0 Å². The van der Waals surface area contributed by atoms with Gasteiger partial charge in [0.15, 0.2) is 11.6 Å². The van der Waals surface area contributed by atoms with Crippen LogP contribution in [0.15, 0.2) is 41.8 Å². The molecule has 0 atom stereocenters. The highest BCUT2D eigenvalue weighted by atomic mass is 32.1. The number of aryl methyl sites for hydroxylation is 1. The molecule has 0 saturated heterocycles. The van der Waals surface area contributed by atoms with Crippen molar-refractivity contribution in [2.75, 3.05) is 5.32 Å². The Labute approximate surface area is 155 Å². The first kappa shape index (κ1) is 18.7. The summed E-state index contributed by atoms with van der Waals surface area (Å²) in [5.41, 5.74) is -0.569. The van der Waals surface area contributed by atoms with E-state index in [1.165, 1.54) is 36.6 Å². The second-order valence-electron chi connectivity index (χ2n) is 5.68. The zero-order valence-corrected chi connectivity index (χ0v) is 14.7. The Kier molecular flexibility index (Phi) is 5.00. The molecule has 0 radical (unpaired) electrons. The average molecular weight is 391 g/mol. The molecule has 0 fully saturated rings. The number of carbonyl (C=O) groups excluding carboxylic acids is 1. The molecule has 0 unspecified atom stereocenters. The Morgan fingerprint density at radius 3 is 2.44 bits per heavy atom. The van der Waals surface area contributed by atoms with Crippen LogP contribution in [0.2, 0.25) is 0 Å². The molecular weight excluding hydrogens is 379 g/mol. The van der Waals surface area contributed by atoms with Crippen LogP contribution in [0.4, 0.5) is 18.2 Å². The maximum absolute atomic E-state index is 14.3. The van der Waals surface area contributed by atoms with E-state index < -0.39 is 29.3 Å². The topological polar surface area (TPSA) is 66.4 Å². The molecule has 138 valence electrons. The molecule has 1 amide bonds. The van der Waals surface area contributed by atoms with Gasteiger partial charge in [-0.3, -0.25) is 4.79 Å². The number of amides is 1. The Bertz CT molecular complexity index is 1060. The smallest absolute Gasteiger partial charge is 0.339 e. The number of carboxylic acids is 1. The summed E-state index contributed by atoms with van der Waals surface area (Å²) in [7, 11) is 0. The summed E-state index contributed by atoms with van der Waals surface area (Å²) < 4.78 is 41.4. The van der Waals surface area contributed by atoms with E-state index in [1.807, 2.05) is 0 Å². The van der Waals surface area contributed by atoms with E-state index in [2.05, 4.69) is 5.32 Å². The Morgan fingerprint density at radius 2 is 1.78 bits per heavy atom. The highest BCUT2D eigenvalue weighted by molar-refractivity contribution is 7.15. The molecule has 0 aliphatic carbocycles. The van der Waals surface area contributed by atoms with E-state index in [9.17, 15) is 27.9 Å². The minimum Gasteiger partial charge on any atom is -0.478 e. The van der Waals surface area contributed by atoms with Gasteiger partial charge in [-0.15, -0.1) is 11.3 Å².